The van der Waals surface area contributed by atoms with Gasteiger partial charge in [-0.05, 0) is 17.7 Å². The van der Waals surface area contributed by atoms with Gasteiger partial charge in [0, 0.05) is 18.1 Å². The zero-order valence-electron chi connectivity index (χ0n) is 11.7. The number of methoxy groups -OCH3 is 3. The number of carbonyl (C=O) groups is 1. The van der Waals surface area contributed by atoms with Crippen molar-refractivity contribution in [3.8, 4) is 11.5 Å². The predicted molar refractivity (Wildman–Crippen MR) is 79.1 cm³/mol. The molecular weight excluding hydrogens is 328 g/mol. The van der Waals surface area contributed by atoms with Crippen LogP contribution in [0.4, 0.5) is 0 Å². The van der Waals surface area contributed by atoms with Gasteiger partial charge >= 0.3 is 0 Å². The summed E-state index contributed by atoms with van der Waals surface area (Å²) in [6, 6.07) is 2.82. The van der Waals surface area contributed by atoms with E-state index in [0.29, 0.717) is 34.7 Å². The van der Waals surface area contributed by atoms with E-state index in [0.717, 1.165) is 0 Å². The molecule has 1 amide bonds. The van der Waals surface area contributed by atoms with Crippen LogP contribution in [0, 0.1) is 0 Å². The molecule has 0 saturated carbocycles. The van der Waals surface area contributed by atoms with Gasteiger partial charge in [0.2, 0.25) is 5.91 Å². The van der Waals surface area contributed by atoms with E-state index in [1.165, 1.54) is 7.11 Å². The number of nitrogens with one attached hydrogen (secondary N) is 1. The summed E-state index contributed by atoms with van der Waals surface area (Å²) >= 11 is 3.41. The van der Waals surface area contributed by atoms with Crippen LogP contribution in [0.5, 0.6) is 11.5 Å². The van der Waals surface area contributed by atoms with Crippen LogP contribution in [-0.4, -0.2) is 40.4 Å². The Morgan fingerprint density at radius 2 is 1.90 bits per heavy atom. The van der Waals surface area contributed by atoms with Crippen LogP contribution in [0.3, 0.4) is 0 Å². The lowest BCUT2D eigenvalue weighted by molar-refractivity contribution is -0.120. The second kappa shape index (κ2) is 8.08. The van der Waals surface area contributed by atoms with E-state index < -0.39 is 11.9 Å². The monoisotopic (exact) mass is 346 g/mol. The van der Waals surface area contributed by atoms with Crippen molar-refractivity contribution < 1.29 is 19.0 Å². The van der Waals surface area contributed by atoms with E-state index in [2.05, 4.69) is 21.2 Å². The van der Waals surface area contributed by atoms with E-state index >= 15 is 0 Å². The Bertz CT molecular complexity index is 468. The average Bonchev–Trinajstić information content (AvgIpc) is 2.43. The van der Waals surface area contributed by atoms with Crippen molar-refractivity contribution in [2.45, 2.75) is 6.04 Å². The van der Waals surface area contributed by atoms with Crippen LogP contribution in [0.15, 0.2) is 16.6 Å². The number of benzene rings is 1. The summed E-state index contributed by atoms with van der Waals surface area (Å²) in [6.07, 6.45) is 0. The molecule has 0 aliphatic heterocycles. The molecule has 1 aromatic carbocycles. The zero-order valence-corrected chi connectivity index (χ0v) is 13.3. The van der Waals surface area contributed by atoms with Crippen molar-refractivity contribution in [3.63, 3.8) is 0 Å². The Labute approximate surface area is 126 Å². The number of hydrogen-bond donors (Lipinski definition) is 2. The average molecular weight is 347 g/mol. The van der Waals surface area contributed by atoms with Gasteiger partial charge in [-0.1, -0.05) is 15.9 Å². The highest BCUT2D eigenvalue weighted by Crippen LogP contribution is 2.35. The van der Waals surface area contributed by atoms with Gasteiger partial charge in [-0.25, -0.2) is 0 Å². The minimum Gasteiger partial charge on any atom is -0.493 e. The molecule has 6 nitrogen and oxygen atoms in total. The highest BCUT2D eigenvalue weighted by Gasteiger charge is 2.22. The number of primary amides is 1. The van der Waals surface area contributed by atoms with Crippen molar-refractivity contribution in [3.05, 3.63) is 22.2 Å². The summed E-state index contributed by atoms with van der Waals surface area (Å²) in [5.74, 6) is 0.628. The third kappa shape index (κ3) is 4.09. The van der Waals surface area contributed by atoms with Crippen molar-refractivity contribution >= 4 is 21.8 Å². The van der Waals surface area contributed by atoms with E-state index in [-0.39, 0.29) is 0 Å². The Morgan fingerprint density at radius 1 is 1.30 bits per heavy atom. The molecule has 0 bridgehead atoms. The Hall–Kier alpha value is -1.31. The van der Waals surface area contributed by atoms with Crippen LogP contribution in [0.1, 0.15) is 11.6 Å². The molecule has 1 aromatic rings. The second-order valence-corrected chi connectivity index (χ2v) is 4.87. The minimum absolute atomic E-state index is 0.478. The maximum atomic E-state index is 11.6. The Kier molecular flexibility index (Phi) is 6.77. The SMILES string of the molecule is COCCNC(C(N)=O)c1cc(OC)c(OC)cc1Br. The highest BCUT2D eigenvalue weighted by atomic mass is 79.9. The van der Waals surface area contributed by atoms with Crippen LogP contribution in [0.2, 0.25) is 0 Å². The summed E-state index contributed by atoms with van der Waals surface area (Å²) in [4.78, 5) is 11.6. The van der Waals surface area contributed by atoms with Gasteiger partial charge in [0.25, 0.3) is 0 Å². The fourth-order valence-electron chi connectivity index (χ4n) is 1.76. The molecule has 1 atom stereocenters. The highest BCUT2D eigenvalue weighted by molar-refractivity contribution is 9.10. The van der Waals surface area contributed by atoms with E-state index in [1.54, 1.807) is 26.4 Å². The first-order valence-electron chi connectivity index (χ1n) is 5.98. The standard InChI is InChI=1S/C13H19BrN2O4/c1-18-5-4-16-12(13(15)17)8-6-10(19-2)11(20-3)7-9(8)14/h6-7,12,16H,4-5H2,1-3H3,(H2,15,17). The van der Waals surface area contributed by atoms with Gasteiger partial charge in [0.1, 0.15) is 6.04 Å². The summed E-state index contributed by atoms with van der Waals surface area (Å²) < 4.78 is 16.1. The molecule has 0 aromatic heterocycles. The molecule has 1 rings (SSSR count). The van der Waals surface area contributed by atoms with Crippen molar-refractivity contribution in [2.75, 3.05) is 34.5 Å². The molecule has 112 valence electrons. The van der Waals surface area contributed by atoms with Gasteiger partial charge < -0.3 is 19.9 Å². The molecule has 0 aliphatic rings. The molecule has 0 saturated heterocycles. The van der Waals surface area contributed by atoms with Gasteiger partial charge in [-0.2, -0.15) is 0 Å². The van der Waals surface area contributed by atoms with Gasteiger partial charge in [-0.3, -0.25) is 10.1 Å². The summed E-state index contributed by atoms with van der Waals surface area (Å²) in [5.41, 5.74) is 6.13. The topological polar surface area (TPSA) is 82.8 Å². The predicted octanol–water partition coefficient (Wildman–Crippen LogP) is 1.23. The lowest BCUT2D eigenvalue weighted by Gasteiger charge is -2.19. The first-order chi connectivity index (χ1) is 9.54. The number of halogens is 1. The second-order valence-electron chi connectivity index (χ2n) is 4.01. The Morgan fingerprint density at radius 3 is 2.40 bits per heavy atom. The number of rotatable bonds is 8. The number of carbonyl (C=O) groups excluding carboxylic acids is 1. The van der Waals surface area contributed by atoms with Gasteiger partial charge in [0.05, 0.1) is 20.8 Å². The quantitative estimate of drug-likeness (QED) is 0.691. The number of ether oxygens (including phenoxy) is 3. The first kappa shape index (κ1) is 16.7. The molecule has 20 heavy (non-hydrogen) atoms. The third-order valence-electron chi connectivity index (χ3n) is 2.75. The molecule has 0 heterocycles. The third-order valence-corrected chi connectivity index (χ3v) is 3.44. The molecule has 0 spiro atoms. The van der Waals surface area contributed by atoms with Gasteiger partial charge in [-0.15, -0.1) is 0 Å². The molecular formula is C13H19BrN2O4. The molecule has 3 N–H and O–H groups in total. The maximum Gasteiger partial charge on any atom is 0.239 e. The van der Waals surface area contributed by atoms with Crippen molar-refractivity contribution in [1.82, 2.24) is 5.32 Å². The lowest BCUT2D eigenvalue weighted by Crippen LogP contribution is -2.35. The fraction of sp³-hybridized carbons (Fsp3) is 0.462. The zero-order chi connectivity index (χ0) is 15.1. The molecule has 0 fully saturated rings. The molecule has 0 aliphatic carbocycles. The number of nitrogens with two attached hydrogens (primary N) is 1. The first-order valence-corrected chi connectivity index (χ1v) is 6.77. The summed E-state index contributed by atoms with van der Waals surface area (Å²) in [6.45, 7) is 0.986. The molecule has 0 radical (unpaired) electrons. The smallest absolute Gasteiger partial charge is 0.239 e. The number of hydrogen-bond acceptors (Lipinski definition) is 5. The summed E-state index contributed by atoms with van der Waals surface area (Å²) in [7, 11) is 4.67. The van der Waals surface area contributed by atoms with E-state index in [4.69, 9.17) is 19.9 Å². The molecule has 1 unspecified atom stereocenters. The lowest BCUT2D eigenvalue weighted by atomic mass is 10.1. The van der Waals surface area contributed by atoms with Crippen molar-refractivity contribution in [2.24, 2.45) is 5.73 Å². The van der Waals surface area contributed by atoms with Crippen LogP contribution in [0.25, 0.3) is 0 Å². The summed E-state index contributed by atoms with van der Waals surface area (Å²) in [5, 5.41) is 3.04. The van der Waals surface area contributed by atoms with Crippen LogP contribution >= 0.6 is 15.9 Å². The van der Waals surface area contributed by atoms with Crippen LogP contribution in [-0.2, 0) is 9.53 Å². The largest absolute Gasteiger partial charge is 0.493 e. The normalized spacial score (nSPS) is 12.0. The number of amides is 1. The maximum absolute atomic E-state index is 11.6. The van der Waals surface area contributed by atoms with Crippen molar-refractivity contribution in [1.29, 1.82) is 0 Å². The van der Waals surface area contributed by atoms with Crippen LogP contribution < -0.4 is 20.5 Å². The van der Waals surface area contributed by atoms with Gasteiger partial charge in [0.15, 0.2) is 11.5 Å². The fourth-order valence-corrected chi connectivity index (χ4v) is 2.31. The van der Waals surface area contributed by atoms with E-state index in [1.807, 2.05) is 0 Å². The molecule has 7 heteroatoms. The minimum atomic E-state index is -0.640. The van der Waals surface area contributed by atoms with E-state index in [9.17, 15) is 4.79 Å². The Balaban J connectivity index is 3.09.